The highest BCUT2D eigenvalue weighted by Gasteiger charge is 1.90. The summed E-state index contributed by atoms with van der Waals surface area (Å²) in [5.41, 5.74) is 10.2. The number of hydrogen-bond acceptors (Lipinski definition) is 3. The van der Waals surface area contributed by atoms with E-state index in [2.05, 4.69) is 10.2 Å². The molecule has 0 fully saturated rings. The van der Waals surface area contributed by atoms with E-state index in [4.69, 9.17) is 11.5 Å². The van der Waals surface area contributed by atoms with Crippen molar-refractivity contribution in [2.24, 2.45) is 21.7 Å². The maximum absolute atomic E-state index is 5.08. The van der Waals surface area contributed by atoms with Crippen molar-refractivity contribution in [3.8, 4) is 0 Å². The molecule has 4 nitrogen and oxygen atoms in total. The van der Waals surface area contributed by atoms with Crippen molar-refractivity contribution in [2.75, 3.05) is 0 Å². The second kappa shape index (κ2) is 3.87. The lowest BCUT2D eigenvalue weighted by Crippen LogP contribution is -2.21. The second-order valence-corrected chi connectivity index (χ2v) is 3.54. The van der Waals surface area contributed by atoms with Gasteiger partial charge in [0.05, 0.1) is 6.21 Å². The predicted octanol–water partition coefficient (Wildman–Crippen LogP) is 0.664. The first kappa shape index (κ1) is 8.73. The highest BCUT2D eigenvalue weighted by molar-refractivity contribution is 7.13. The quantitative estimate of drug-likeness (QED) is 0.400. The number of rotatable bonds is 2. The fourth-order valence-electron chi connectivity index (χ4n) is 0.675. The molecule has 0 spiro atoms. The number of aryl methyl sites for hydroxylation is 1. The summed E-state index contributed by atoms with van der Waals surface area (Å²) in [7, 11) is 0. The lowest BCUT2D eigenvalue weighted by atomic mass is 10.4. The van der Waals surface area contributed by atoms with Gasteiger partial charge in [-0.05, 0) is 19.1 Å². The molecule has 0 atom stereocenters. The molecule has 4 N–H and O–H groups in total. The summed E-state index contributed by atoms with van der Waals surface area (Å²) in [6.07, 6.45) is 1.62. The van der Waals surface area contributed by atoms with Crippen molar-refractivity contribution in [1.29, 1.82) is 0 Å². The number of nitrogens with two attached hydrogens (primary N) is 2. The fraction of sp³-hybridized carbons (Fsp3) is 0.143. The molecule has 0 aliphatic rings. The standard InChI is InChI=1S/C7H10N4S/c1-5-2-3-6(12-5)4-10-11-7(8)9/h2-4H,1H3,(H4,8,9,11)/b10-4+. The van der Waals surface area contributed by atoms with Gasteiger partial charge in [0, 0.05) is 9.75 Å². The summed E-state index contributed by atoms with van der Waals surface area (Å²) in [5.74, 6) is -0.0282. The molecular formula is C7H10N4S. The Hall–Kier alpha value is -1.36. The van der Waals surface area contributed by atoms with E-state index in [1.807, 2.05) is 19.1 Å². The minimum absolute atomic E-state index is 0.0282. The molecule has 0 aliphatic carbocycles. The number of thiophene rings is 1. The van der Waals surface area contributed by atoms with Crippen LogP contribution in [0.15, 0.2) is 22.3 Å². The molecule has 0 amide bonds. The average molecular weight is 182 g/mol. The van der Waals surface area contributed by atoms with Crippen molar-refractivity contribution in [3.63, 3.8) is 0 Å². The summed E-state index contributed by atoms with van der Waals surface area (Å²) in [5, 5.41) is 7.16. The van der Waals surface area contributed by atoms with E-state index in [0.29, 0.717) is 0 Å². The van der Waals surface area contributed by atoms with Crippen LogP contribution in [0.5, 0.6) is 0 Å². The van der Waals surface area contributed by atoms with Crippen LogP contribution in [-0.2, 0) is 0 Å². The monoisotopic (exact) mass is 182 g/mol. The third kappa shape index (κ3) is 2.71. The largest absolute Gasteiger partial charge is 0.369 e. The second-order valence-electron chi connectivity index (χ2n) is 2.22. The summed E-state index contributed by atoms with van der Waals surface area (Å²) < 4.78 is 0. The topological polar surface area (TPSA) is 76.8 Å². The molecular weight excluding hydrogens is 172 g/mol. The lowest BCUT2D eigenvalue weighted by molar-refractivity contribution is 1.22. The van der Waals surface area contributed by atoms with Crippen LogP contribution in [-0.4, -0.2) is 12.2 Å². The zero-order chi connectivity index (χ0) is 8.97. The number of hydrogen-bond donors (Lipinski definition) is 2. The van der Waals surface area contributed by atoms with Crippen LogP contribution in [0.4, 0.5) is 0 Å². The third-order valence-electron chi connectivity index (χ3n) is 1.12. The molecule has 0 unspecified atom stereocenters. The Morgan fingerprint density at radius 1 is 1.50 bits per heavy atom. The minimum Gasteiger partial charge on any atom is -0.369 e. The van der Waals surface area contributed by atoms with Gasteiger partial charge in [-0.25, -0.2) is 0 Å². The Morgan fingerprint density at radius 2 is 2.25 bits per heavy atom. The molecule has 0 aromatic carbocycles. The molecule has 1 heterocycles. The minimum atomic E-state index is -0.0282. The summed E-state index contributed by atoms with van der Waals surface area (Å²) >= 11 is 1.64. The number of guanidine groups is 1. The lowest BCUT2D eigenvalue weighted by Gasteiger charge is -1.82. The van der Waals surface area contributed by atoms with E-state index in [1.54, 1.807) is 17.6 Å². The van der Waals surface area contributed by atoms with Gasteiger partial charge in [0.2, 0.25) is 5.96 Å². The molecule has 64 valence electrons. The van der Waals surface area contributed by atoms with Crippen LogP contribution < -0.4 is 11.5 Å². The number of nitrogens with zero attached hydrogens (tertiary/aromatic N) is 2. The average Bonchev–Trinajstić information content (AvgIpc) is 2.35. The van der Waals surface area contributed by atoms with Gasteiger partial charge in [-0.15, -0.1) is 16.4 Å². The Labute approximate surface area is 74.6 Å². The molecule has 1 rings (SSSR count). The predicted molar refractivity (Wildman–Crippen MR) is 52.5 cm³/mol. The van der Waals surface area contributed by atoms with Gasteiger partial charge in [0.15, 0.2) is 0 Å². The van der Waals surface area contributed by atoms with Crippen LogP contribution in [0, 0.1) is 6.92 Å². The van der Waals surface area contributed by atoms with E-state index in [9.17, 15) is 0 Å². The molecule has 1 aromatic heterocycles. The van der Waals surface area contributed by atoms with Gasteiger partial charge >= 0.3 is 0 Å². The molecule has 5 heteroatoms. The molecule has 0 bridgehead atoms. The van der Waals surface area contributed by atoms with Crippen LogP contribution >= 0.6 is 11.3 Å². The molecule has 0 saturated carbocycles. The van der Waals surface area contributed by atoms with Crippen molar-refractivity contribution >= 4 is 23.5 Å². The maximum Gasteiger partial charge on any atom is 0.211 e. The van der Waals surface area contributed by atoms with E-state index in [-0.39, 0.29) is 5.96 Å². The van der Waals surface area contributed by atoms with Gasteiger partial charge < -0.3 is 11.5 Å². The van der Waals surface area contributed by atoms with Crippen LogP contribution in [0.25, 0.3) is 0 Å². The molecule has 0 saturated heterocycles. The van der Waals surface area contributed by atoms with E-state index in [0.717, 1.165) is 4.88 Å². The van der Waals surface area contributed by atoms with Crippen molar-refractivity contribution in [1.82, 2.24) is 0 Å². The molecule has 12 heavy (non-hydrogen) atoms. The SMILES string of the molecule is Cc1ccc(/C=N/N=C(N)N)s1. The maximum atomic E-state index is 5.08. The van der Waals surface area contributed by atoms with Crippen molar-refractivity contribution in [3.05, 3.63) is 21.9 Å². The smallest absolute Gasteiger partial charge is 0.211 e. The summed E-state index contributed by atoms with van der Waals surface area (Å²) in [4.78, 5) is 2.28. The zero-order valence-corrected chi connectivity index (χ0v) is 7.51. The van der Waals surface area contributed by atoms with Gasteiger partial charge in [-0.3, -0.25) is 0 Å². The highest BCUT2D eigenvalue weighted by atomic mass is 32.1. The van der Waals surface area contributed by atoms with E-state index >= 15 is 0 Å². The van der Waals surface area contributed by atoms with Gasteiger partial charge in [-0.2, -0.15) is 5.10 Å². The Bertz CT molecular complexity index is 309. The van der Waals surface area contributed by atoms with Gasteiger partial charge in [0.1, 0.15) is 0 Å². The molecule has 0 aliphatic heterocycles. The van der Waals surface area contributed by atoms with Crippen LogP contribution in [0.2, 0.25) is 0 Å². The van der Waals surface area contributed by atoms with Crippen LogP contribution in [0.1, 0.15) is 9.75 Å². The van der Waals surface area contributed by atoms with E-state index < -0.39 is 0 Å². The van der Waals surface area contributed by atoms with Gasteiger partial charge in [0.25, 0.3) is 0 Å². The Kier molecular flexibility index (Phi) is 2.82. The van der Waals surface area contributed by atoms with Crippen LogP contribution in [0.3, 0.4) is 0 Å². The first-order valence-corrected chi connectivity index (χ1v) is 4.18. The highest BCUT2D eigenvalue weighted by Crippen LogP contribution is 2.12. The first-order valence-electron chi connectivity index (χ1n) is 3.37. The van der Waals surface area contributed by atoms with Gasteiger partial charge in [-0.1, -0.05) is 0 Å². The van der Waals surface area contributed by atoms with Crippen molar-refractivity contribution < 1.29 is 0 Å². The van der Waals surface area contributed by atoms with Crippen molar-refractivity contribution in [2.45, 2.75) is 6.92 Å². The first-order chi connectivity index (χ1) is 5.68. The van der Waals surface area contributed by atoms with E-state index in [1.165, 1.54) is 4.88 Å². The normalized spacial score (nSPS) is 10.4. The fourth-order valence-corrected chi connectivity index (χ4v) is 1.42. The zero-order valence-electron chi connectivity index (χ0n) is 6.69. The summed E-state index contributed by atoms with van der Waals surface area (Å²) in [6.45, 7) is 2.03. The third-order valence-corrected chi connectivity index (χ3v) is 2.05. The summed E-state index contributed by atoms with van der Waals surface area (Å²) in [6, 6.07) is 3.98. The Morgan fingerprint density at radius 3 is 2.75 bits per heavy atom. The molecule has 0 radical (unpaired) electrons. The molecule has 1 aromatic rings. The Balaban J connectivity index is 2.64.